The minimum Gasteiger partial charge on any atom is -0.259 e. The number of nitriles is 1. The van der Waals surface area contributed by atoms with Gasteiger partial charge < -0.3 is 0 Å². The number of hydrogen-bond acceptors (Lipinski definition) is 2. The maximum atomic E-state index is 12.5. The molecule has 80 valence electrons. The van der Waals surface area contributed by atoms with Crippen LogP contribution in [0, 0.1) is 14.9 Å². The summed E-state index contributed by atoms with van der Waals surface area (Å²) in [6, 6.07) is 1.92. The molecule has 1 aromatic heterocycles. The number of halogens is 4. The number of hydrogen-bond donors (Lipinski definition) is 0. The number of alkyl halides is 3. The smallest absolute Gasteiger partial charge is 0.259 e. The normalized spacial score (nSPS) is 10.4. The molecule has 0 aromatic carbocycles. The van der Waals surface area contributed by atoms with E-state index >= 15 is 0 Å². The van der Waals surface area contributed by atoms with Crippen molar-refractivity contribution in [3.63, 3.8) is 0 Å². The van der Waals surface area contributed by atoms with Gasteiger partial charge in [-0.3, -0.25) is 4.98 Å². The molecule has 0 aliphatic carbocycles. The average molecular weight is 343 g/mol. The highest BCUT2D eigenvalue weighted by atomic mass is 127. The Balaban J connectivity index is 3.30. The van der Waals surface area contributed by atoms with E-state index in [1.54, 1.807) is 22.6 Å². The van der Waals surface area contributed by atoms with Crippen LogP contribution in [0.5, 0.6) is 0 Å². The van der Waals surface area contributed by atoms with Gasteiger partial charge in [0.15, 0.2) is 0 Å². The van der Waals surface area contributed by atoms with Crippen molar-refractivity contribution in [1.29, 1.82) is 5.26 Å². The Hall–Kier alpha value is -0.480. The molecule has 0 aliphatic heterocycles. The molecule has 0 atom stereocenters. The van der Waals surface area contributed by atoms with Crippen LogP contribution in [0.1, 0.15) is 23.2 Å². The lowest BCUT2D eigenvalue weighted by molar-refractivity contribution is 0.150. The van der Waals surface area contributed by atoms with Gasteiger partial charge in [-0.25, -0.2) is 8.78 Å². The van der Waals surface area contributed by atoms with E-state index in [2.05, 4.69) is 4.98 Å². The molecular formula is C9H6ClF2IN2. The Morgan fingerprint density at radius 2 is 2.27 bits per heavy atom. The first-order valence-corrected chi connectivity index (χ1v) is 5.60. The molecule has 6 heteroatoms. The van der Waals surface area contributed by atoms with E-state index in [1.807, 2.05) is 6.07 Å². The summed E-state index contributed by atoms with van der Waals surface area (Å²) in [4.78, 5) is 3.83. The molecule has 0 aliphatic rings. The summed E-state index contributed by atoms with van der Waals surface area (Å²) in [5.74, 6) is 0.122. The number of aromatic nitrogens is 1. The van der Waals surface area contributed by atoms with Gasteiger partial charge in [0.05, 0.1) is 24.1 Å². The Bertz CT molecular complexity index is 404. The third kappa shape index (κ3) is 2.75. The van der Waals surface area contributed by atoms with Gasteiger partial charge in [-0.05, 0) is 22.6 Å². The quantitative estimate of drug-likeness (QED) is 0.623. The van der Waals surface area contributed by atoms with Crippen LogP contribution in [0.4, 0.5) is 8.78 Å². The zero-order chi connectivity index (χ0) is 11.4. The van der Waals surface area contributed by atoms with E-state index in [4.69, 9.17) is 16.9 Å². The second-order valence-electron chi connectivity index (χ2n) is 2.72. The minimum atomic E-state index is -2.58. The Labute approximate surface area is 104 Å². The summed E-state index contributed by atoms with van der Waals surface area (Å²) in [6.07, 6.45) is -1.41. The van der Waals surface area contributed by atoms with Crippen LogP contribution in [-0.2, 0) is 12.3 Å². The SMILES string of the molecule is N#CCc1c(CCl)ncc(C(F)F)c1I. The molecule has 0 spiro atoms. The van der Waals surface area contributed by atoms with Crippen LogP contribution in [-0.4, -0.2) is 4.98 Å². The Morgan fingerprint density at radius 1 is 1.60 bits per heavy atom. The Morgan fingerprint density at radius 3 is 2.73 bits per heavy atom. The van der Waals surface area contributed by atoms with Crippen molar-refractivity contribution in [1.82, 2.24) is 4.98 Å². The van der Waals surface area contributed by atoms with Gasteiger partial charge in [-0.2, -0.15) is 5.26 Å². The number of pyridine rings is 1. The van der Waals surface area contributed by atoms with Gasteiger partial charge in [0.1, 0.15) is 0 Å². The van der Waals surface area contributed by atoms with Gasteiger partial charge in [0, 0.05) is 20.9 Å². The molecule has 0 fully saturated rings. The second kappa shape index (κ2) is 5.56. The van der Waals surface area contributed by atoms with Crippen LogP contribution >= 0.6 is 34.2 Å². The summed E-state index contributed by atoms with van der Waals surface area (Å²) in [5.41, 5.74) is 0.854. The molecule has 0 saturated carbocycles. The summed E-state index contributed by atoms with van der Waals surface area (Å²) in [7, 11) is 0. The predicted molar refractivity (Wildman–Crippen MR) is 60.8 cm³/mol. The molecule has 0 unspecified atom stereocenters. The zero-order valence-corrected chi connectivity index (χ0v) is 10.4. The molecule has 1 aromatic rings. The summed E-state index contributed by atoms with van der Waals surface area (Å²) in [6.45, 7) is 0. The van der Waals surface area contributed by atoms with Crippen molar-refractivity contribution < 1.29 is 8.78 Å². The summed E-state index contributed by atoms with van der Waals surface area (Å²) >= 11 is 7.41. The van der Waals surface area contributed by atoms with Crippen molar-refractivity contribution in [2.75, 3.05) is 0 Å². The molecule has 1 heterocycles. The highest BCUT2D eigenvalue weighted by Crippen LogP contribution is 2.28. The maximum absolute atomic E-state index is 12.5. The Kier molecular flexibility index (Phi) is 4.67. The lowest BCUT2D eigenvalue weighted by atomic mass is 10.1. The van der Waals surface area contributed by atoms with Crippen molar-refractivity contribution in [3.8, 4) is 6.07 Å². The maximum Gasteiger partial charge on any atom is 0.266 e. The fourth-order valence-corrected chi connectivity index (χ4v) is 2.22. The molecule has 2 nitrogen and oxygen atoms in total. The lowest BCUT2D eigenvalue weighted by Crippen LogP contribution is -2.03. The molecule has 0 radical (unpaired) electrons. The second-order valence-corrected chi connectivity index (χ2v) is 4.07. The van der Waals surface area contributed by atoms with Crippen molar-refractivity contribution in [3.05, 3.63) is 26.6 Å². The van der Waals surface area contributed by atoms with Gasteiger partial charge in [0.2, 0.25) is 0 Å². The first kappa shape index (κ1) is 12.6. The van der Waals surface area contributed by atoms with Crippen LogP contribution in [0.3, 0.4) is 0 Å². The van der Waals surface area contributed by atoms with E-state index in [1.165, 1.54) is 0 Å². The first-order chi connectivity index (χ1) is 7.11. The highest BCUT2D eigenvalue weighted by molar-refractivity contribution is 14.1. The monoisotopic (exact) mass is 342 g/mol. The molecule has 0 amide bonds. The molecule has 1 rings (SSSR count). The van der Waals surface area contributed by atoms with Gasteiger partial charge in [-0.15, -0.1) is 11.6 Å². The van der Waals surface area contributed by atoms with Gasteiger partial charge in [-0.1, -0.05) is 0 Å². The van der Waals surface area contributed by atoms with E-state index in [0.29, 0.717) is 14.8 Å². The minimum absolute atomic E-state index is 0.0495. The number of nitrogens with zero attached hydrogens (tertiary/aromatic N) is 2. The highest BCUT2D eigenvalue weighted by Gasteiger charge is 2.17. The summed E-state index contributed by atoms with van der Waals surface area (Å²) in [5, 5.41) is 8.58. The van der Waals surface area contributed by atoms with Crippen LogP contribution in [0.25, 0.3) is 0 Å². The third-order valence-corrected chi connectivity index (χ3v) is 3.37. The van der Waals surface area contributed by atoms with E-state index in [0.717, 1.165) is 6.20 Å². The fourth-order valence-electron chi connectivity index (χ4n) is 1.11. The number of rotatable bonds is 3. The van der Waals surface area contributed by atoms with Crippen LogP contribution in [0.2, 0.25) is 0 Å². The summed E-state index contributed by atoms with van der Waals surface area (Å²) < 4.78 is 25.4. The predicted octanol–water partition coefficient (Wildman–Crippen LogP) is 3.43. The van der Waals surface area contributed by atoms with Gasteiger partial charge >= 0.3 is 0 Å². The van der Waals surface area contributed by atoms with Crippen molar-refractivity contribution >= 4 is 34.2 Å². The lowest BCUT2D eigenvalue weighted by Gasteiger charge is -2.09. The fraction of sp³-hybridized carbons (Fsp3) is 0.333. The van der Waals surface area contributed by atoms with E-state index in [9.17, 15) is 8.78 Å². The van der Waals surface area contributed by atoms with Crippen LogP contribution in [0.15, 0.2) is 6.20 Å². The standard InChI is InChI=1S/C9H6ClF2IN2/c10-3-7-5(1-2-14)8(13)6(4-15-7)9(11)12/h4,9H,1,3H2. The van der Waals surface area contributed by atoms with E-state index in [-0.39, 0.29) is 17.9 Å². The van der Waals surface area contributed by atoms with E-state index < -0.39 is 6.43 Å². The molecule has 0 N–H and O–H groups in total. The average Bonchev–Trinajstić information content (AvgIpc) is 2.20. The molecular weight excluding hydrogens is 336 g/mol. The van der Waals surface area contributed by atoms with Crippen molar-refractivity contribution in [2.45, 2.75) is 18.7 Å². The topological polar surface area (TPSA) is 36.7 Å². The molecule has 0 bridgehead atoms. The van der Waals surface area contributed by atoms with Gasteiger partial charge in [0.25, 0.3) is 6.43 Å². The molecule has 15 heavy (non-hydrogen) atoms. The third-order valence-electron chi connectivity index (χ3n) is 1.84. The van der Waals surface area contributed by atoms with Crippen molar-refractivity contribution in [2.24, 2.45) is 0 Å². The van der Waals surface area contributed by atoms with Crippen LogP contribution < -0.4 is 0 Å². The first-order valence-electron chi connectivity index (χ1n) is 3.99. The largest absolute Gasteiger partial charge is 0.266 e. The zero-order valence-electron chi connectivity index (χ0n) is 7.48. The molecule has 0 saturated heterocycles.